The summed E-state index contributed by atoms with van der Waals surface area (Å²) in [6, 6.07) is 35.3. The number of hydrogen-bond donors (Lipinski definition) is 2. The Morgan fingerprint density at radius 1 is 0.769 bits per heavy atom. The lowest BCUT2D eigenvalue weighted by atomic mass is 10.1. The number of nitrogen functional groups attached to an aromatic ring is 1. The number of carbonyl (C=O) groups excluding carboxylic acids is 1. The summed E-state index contributed by atoms with van der Waals surface area (Å²) in [4.78, 5) is 13.6. The second-order valence-corrected chi connectivity index (χ2v) is 9.10. The van der Waals surface area contributed by atoms with Gasteiger partial charge in [-0.1, -0.05) is 60.7 Å². The number of fused-ring (bicyclic) bond motifs is 1. The molecule has 0 aliphatic heterocycles. The van der Waals surface area contributed by atoms with Crippen LogP contribution in [-0.4, -0.2) is 23.3 Å². The zero-order valence-corrected chi connectivity index (χ0v) is 22.4. The highest BCUT2D eigenvalue weighted by molar-refractivity contribution is 7.80. The molecule has 0 atom stereocenters. The van der Waals surface area contributed by atoms with Crippen molar-refractivity contribution in [1.82, 2.24) is 0 Å². The molecular weight excluding hydrogens is 508 g/mol. The minimum Gasteiger partial charge on any atom is -0.507 e. The van der Waals surface area contributed by atoms with Crippen molar-refractivity contribution in [2.45, 2.75) is 6.92 Å². The van der Waals surface area contributed by atoms with Crippen molar-refractivity contribution >= 4 is 45.5 Å². The van der Waals surface area contributed by atoms with Crippen LogP contribution in [0.5, 0.6) is 17.2 Å². The van der Waals surface area contributed by atoms with Crippen molar-refractivity contribution < 1.29 is 19.4 Å². The van der Waals surface area contributed by atoms with E-state index in [-0.39, 0.29) is 11.3 Å². The molecular formula is C32H28N2O4S. The highest BCUT2D eigenvalue weighted by atomic mass is 32.1. The number of hydrogen-bond acceptors (Lipinski definition) is 6. The summed E-state index contributed by atoms with van der Waals surface area (Å²) in [6.07, 6.45) is 0. The number of aromatic hydroxyl groups is 1. The Morgan fingerprint density at radius 3 is 2.21 bits per heavy atom. The number of nitrogens with two attached hydrogens (primary N) is 1. The Hall–Kier alpha value is -4.88. The number of para-hydroxylation sites is 1. The molecule has 5 rings (SSSR count). The molecule has 0 aromatic heterocycles. The monoisotopic (exact) mass is 536 g/mol. The molecule has 0 saturated carbocycles. The Kier molecular flexibility index (Phi) is 8.76. The first-order valence-electron chi connectivity index (χ1n) is 12.2. The lowest BCUT2D eigenvalue weighted by Gasteiger charge is -2.20. The first-order valence-corrected chi connectivity index (χ1v) is 12.6. The van der Waals surface area contributed by atoms with E-state index in [1.54, 1.807) is 24.3 Å². The fraction of sp³-hybridized carbons (Fsp3) is 0.0625. The Morgan fingerprint density at radius 2 is 1.49 bits per heavy atom. The summed E-state index contributed by atoms with van der Waals surface area (Å²) in [5, 5.41) is 12.3. The van der Waals surface area contributed by atoms with Crippen LogP contribution in [0.3, 0.4) is 0 Å². The predicted molar refractivity (Wildman–Crippen MR) is 161 cm³/mol. The predicted octanol–water partition coefficient (Wildman–Crippen LogP) is 7.14. The molecule has 0 aliphatic rings. The molecule has 0 bridgehead atoms. The van der Waals surface area contributed by atoms with Gasteiger partial charge in [0.15, 0.2) is 0 Å². The third kappa shape index (κ3) is 7.34. The molecule has 196 valence electrons. The summed E-state index contributed by atoms with van der Waals surface area (Å²) in [6.45, 7) is 2.06. The number of phenolic OH excluding ortho intramolecular Hbond substituents is 1. The molecule has 5 aromatic rings. The van der Waals surface area contributed by atoms with Crippen LogP contribution < -0.4 is 20.1 Å². The van der Waals surface area contributed by atoms with Crippen molar-refractivity contribution in [2.24, 2.45) is 0 Å². The van der Waals surface area contributed by atoms with E-state index in [1.807, 2.05) is 60.5 Å². The maximum absolute atomic E-state index is 11.7. The van der Waals surface area contributed by atoms with Crippen molar-refractivity contribution in [3.63, 3.8) is 0 Å². The second kappa shape index (κ2) is 12.6. The zero-order valence-electron chi connectivity index (χ0n) is 21.6. The molecule has 0 fully saturated rings. The molecule has 7 heteroatoms. The van der Waals surface area contributed by atoms with Crippen molar-refractivity contribution in [3.8, 4) is 17.2 Å². The second-order valence-electron chi connectivity index (χ2n) is 8.75. The molecule has 0 radical (unpaired) electrons. The van der Waals surface area contributed by atoms with Gasteiger partial charge in [-0.15, -0.1) is 0 Å². The maximum Gasteiger partial charge on any atom is 0.347 e. The van der Waals surface area contributed by atoms with Gasteiger partial charge in [0.05, 0.1) is 0 Å². The van der Waals surface area contributed by atoms with Crippen LogP contribution in [0.1, 0.15) is 15.9 Å². The Labute approximate surface area is 232 Å². The smallest absolute Gasteiger partial charge is 0.347 e. The third-order valence-electron chi connectivity index (χ3n) is 5.78. The molecule has 39 heavy (non-hydrogen) atoms. The SMILES string of the molecule is Cc1cccc(N(C)C(=S)Oc2ccc3ccccc3c2)c1.Nc1ccc(C(=O)Oc2ccccc2)c(O)c1. The molecule has 0 spiro atoms. The van der Waals surface area contributed by atoms with Crippen LogP contribution in [-0.2, 0) is 0 Å². The van der Waals surface area contributed by atoms with E-state index >= 15 is 0 Å². The topological polar surface area (TPSA) is 85.0 Å². The quantitative estimate of drug-likeness (QED) is 0.109. The van der Waals surface area contributed by atoms with Gasteiger partial charge < -0.3 is 25.2 Å². The van der Waals surface area contributed by atoms with Gasteiger partial charge in [0.25, 0.3) is 5.17 Å². The number of nitrogens with zero attached hydrogens (tertiary/aromatic N) is 1. The van der Waals surface area contributed by atoms with Gasteiger partial charge >= 0.3 is 5.97 Å². The van der Waals surface area contributed by atoms with E-state index in [4.69, 9.17) is 27.4 Å². The lowest BCUT2D eigenvalue weighted by molar-refractivity contribution is 0.0731. The highest BCUT2D eigenvalue weighted by Crippen LogP contribution is 2.23. The van der Waals surface area contributed by atoms with E-state index in [9.17, 15) is 9.90 Å². The third-order valence-corrected chi connectivity index (χ3v) is 6.14. The summed E-state index contributed by atoms with van der Waals surface area (Å²) in [5.41, 5.74) is 8.15. The molecule has 6 nitrogen and oxygen atoms in total. The minimum atomic E-state index is -0.617. The van der Waals surface area contributed by atoms with Crippen LogP contribution in [0.15, 0.2) is 115 Å². The van der Waals surface area contributed by atoms with E-state index < -0.39 is 5.97 Å². The standard InChI is InChI=1S/C19H17NOS.C13H11NO3/c1-14-6-5-9-17(12-14)20(2)19(22)21-18-11-10-15-7-3-4-8-16(15)13-18;14-9-6-7-11(12(15)8-9)13(16)17-10-4-2-1-3-5-10/h3-13H,1-2H3;1-8,15H,14H2. The number of phenols is 1. The first-order chi connectivity index (χ1) is 18.8. The van der Waals surface area contributed by atoms with E-state index in [2.05, 4.69) is 31.2 Å². The molecule has 0 saturated heterocycles. The normalized spacial score (nSPS) is 10.2. The van der Waals surface area contributed by atoms with Gasteiger partial charge in [-0.05, 0) is 84.0 Å². The van der Waals surface area contributed by atoms with Gasteiger partial charge in [-0.3, -0.25) is 0 Å². The Bertz CT molecular complexity index is 1610. The number of rotatable bonds is 4. The fourth-order valence-corrected chi connectivity index (χ4v) is 3.92. The van der Waals surface area contributed by atoms with Crippen molar-refractivity contribution in [3.05, 3.63) is 126 Å². The summed E-state index contributed by atoms with van der Waals surface area (Å²) in [7, 11) is 1.91. The number of ether oxygens (including phenoxy) is 2. The zero-order chi connectivity index (χ0) is 27.8. The molecule has 3 N–H and O–H groups in total. The molecule has 0 aliphatic carbocycles. The van der Waals surface area contributed by atoms with Gasteiger partial charge in [0, 0.05) is 24.5 Å². The van der Waals surface area contributed by atoms with Crippen LogP contribution in [0.4, 0.5) is 11.4 Å². The van der Waals surface area contributed by atoms with Crippen molar-refractivity contribution in [1.29, 1.82) is 0 Å². The average Bonchev–Trinajstić information content (AvgIpc) is 2.93. The van der Waals surface area contributed by atoms with Crippen molar-refractivity contribution in [2.75, 3.05) is 17.7 Å². The number of thiocarbonyl (C=S) groups is 1. The highest BCUT2D eigenvalue weighted by Gasteiger charge is 2.13. The minimum absolute atomic E-state index is 0.0862. The van der Waals surface area contributed by atoms with Crippen LogP contribution >= 0.6 is 12.2 Å². The van der Waals surface area contributed by atoms with Gasteiger partial charge in [-0.25, -0.2) is 4.79 Å². The molecule has 5 aromatic carbocycles. The van der Waals surface area contributed by atoms with Crippen LogP contribution in [0.25, 0.3) is 10.8 Å². The number of aryl methyl sites for hydroxylation is 1. The summed E-state index contributed by atoms with van der Waals surface area (Å²) < 4.78 is 10.9. The number of esters is 1. The van der Waals surface area contributed by atoms with Crippen LogP contribution in [0.2, 0.25) is 0 Å². The lowest BCUT2D eigenvalue weighted by Crippen LogP contribution is -2.29. The van der Waals surface area contributed by atoms with Gasteiger partial charge in [0.2, 0.25) is 0 Å². The van der Waals surface area contributed by atoms with Gasteiger partial charge in [0.1, 0.15) is 22.8 Å². The Balaban J connectivity index is 0.000000187. The first kappa shape index (κ1) is 27.2. The number of carbonyl (C=O) groups is 1. The summed E-state index contributed by atoms with van der Waals surface area (Å²) in [5.74, 6) is 0.372. The molecule has 0 unspecified atom stereocenters. The van der Waals surface area contributed by atoms with Crippen LogP contribution in [0, 0.1) is 6.92 Å². The number of anilines is 2. The van der Waals surface area contributed by atoms with E-state index in [0.29, 0.717) is 16.6 Å². The van der Waals surface area contributed by atoms with Gasteiger partial charge in [-0.2, -0.15) is 0 Å². The fourth-order valence-electron chi connectivity index (χ4n) is 3.71. The molecule has 0 amide bonds. The molecule has 0 heterocycles. The number of benzene rings is 5. The van der Waals surface area contributed by atoms with E-state index in [1.165, 1.54) is 29.1 Å². The summed E-state index contributed by atoms with van der Waals surface area (Å²) >= 11 is 5.41. The maximum atomic E-state index is 11.7. The van der Waals surface area contributed by atoms with E-state index in [0.717, 1.165) is 16.8 Å². The largest absolute Gasteiger partial charge is 0.507 e. The average molecular weight is 537 g/mol.